The van der Waals surface area contributed by atoms with Crippen LogP contribution in [0.5, 0.6) is 0 Å². The van der Waals surface area contributed by atoms with Gasteiger partial charge in [-0.15, -0.1) is 0 Å². The molecule has 22 heavy (non-hydrogen) atoms. The van der Waals surface area contributed by atoms with E-state index in [-0.39, 0.29) is 23.1 Å². The van der Waals surface area contributed by atoms with E-state index in [1.807, 2.05) is 30.3 Å². The van der Waals surface area contributed by atoms with Crippen LogP contribution >= 0.6 is 0 Å². The molecule has 118 valence electrons. The summed E-state index contributed by atoms with van der Waals surface area (Å²) < 4.78 is 5.05. The van der Waals surface area contributed by atoms with Crippen LogP contribution in [-0.4, -0.2) is 18.4 Å². The van der Waals surface area contributed by atoms with Gasteiger partial charge in [0.05, 0.1) is 12.5 Å². The predicted octanol–water partition coefficient (Wildman–Crippen LogP) is 4.07. The molecule has 0 saturated heterocycles. The first kappa shape index (κ1) is 16.5. The van der Waals surface area contributed by atoms with Gasteiger partial charge in [0.15, 0.2) is 5.78 Å². The number of rotatable bonds is 4. The molecule has 1 unspecified atom stereocenters. The molecule has 0 aliphatic heterocycles. The molecule has 0 spiro atoms. The van der Waals surface area contributed by atoms with Gasteiger partial charge in [-0.1, -0.05) is 51.1 Å². The van der Waals surface area contributed by atoms with Crippen LogP contribution < -0.4 is 0 Å². The molecule has 3 heteroatoms. The minimum atomic E-state index is -0.362. The number of allylic oxidation sites excluding steroid dienone is 1. The lowest BCUT2D eigenvalue weighted by atomic mass is 9.85. The van der Waals surface area contributed by atoms with Crippen LogP contribution in [0.3, 0.4) is 0 Å². The molecule has 0 aromatic heterocycles. The van der Waals surface area contributed by atoms with E-state index in [4.69, 9.17) is 4.74 Å². The summed E-state index contributed by atoms with van der Waals surface area (Å²) in [6, 6.07) is 7.72. The van der Waals surface area contributed by atoms with E-state index in [2.05, 4.69) is 20.8 Å². The molecule has 1 aliphatic carbocycles. The van der Waals surface area contributed by atoms with Crippen molar-refractivity contribution in [2.24, 2.45) is 5.92 Å². The maximum absolute atomic E-state index is 12.7. The molecular formula is C19H24O3. The van der Waals surface area contributed by atoms with E-state index in [1.54, 1.807) is 6.92 Å². The van der Waals surface area contributed by atoms with Gasteiger partial charge >= 0.3 is 5.97 Å². The van der Waals surface area contributed by atoms with E-state index >= 15 is 0 Å². The Bertz CT molecular complexity index is 588. The van der Waals surface area contributed by atoms with Gasteiger partial charge < -0.3 is 4.74 Å². The first-order valence-corrected chi connectivity index (χ1v) is 7.86. The summed E-state index contributed by atoms with van der Waals surface area (Å²) in [6.07, 6.45) is 3.28. The number of carbonyl (C=O) groups excluding carboxylic acids is 2. The average Bonchev–Trinajstić information content (AvgIpc) is 2.95. The molecule has 0 heterocycles. The van der Waals surface area contributed by atoms with E-state index in [0.29, 0.717) is 24.2 Å². The molecule has 1 aromatic rings. The summed E-state index contributed by atoms with van der Waals surface area (Å²) in [5.74, 6) is -0.707. The lowest BCUT2D eigenvalue weighted by Gasteiger charge is -2.19. The smallest absolute Gasteiger partial charge is 0.334 e. The van der Waals surface area contributed by atoms with E-state index in [9.17, 15) is 9.59 Å². The lowest BCUT2D eigenvalue weighted by molar-refractivity contribution is -0.138. The molecule has 0 radical (unpaired) electrons. The predicted molar refractivity (Wildman–Crippen MR) is 86.9 cm³/mol. The van der Waals surface area contributed by atoms with Crippen LogP contribution in [0, 0.1) is 5.92 Å². The Balaban J connectivity index is 2.18. The van der Waals surface area contributed by atoms with Gasteiger partial charge in [0.1, 0.15) is 0 Å². The third-order valence-corrected chi connectivity index (χ3v) is 4.06. The summed E-state index contributed by atoms with van der Waals surface area (Å²) >= 11 is 0. The highest BCUT2D eigenvalue weighted by Gasteiger charge is 2.32. The Labute approximate surface area is 132 Å². The van der Waals surface area contributed by atoms with Gasteiger partial charge in [-0.05, 0) is 30.7 Å². The Morgan fingerprint density at radius 2 is 1.82 bits per heavy atom. The Hall–Kier alpha value is -1.90. The molecule has 1 atom stereocenters. The first-order chi connectivity index (χ1) is 10.3. The average molecular weight is 300 g/mol. The van der Waals surface area contributed by atoms with E-state index in [0.717, 1.165) is 6.42 Å². The zero-order chi connectivity index (χ0) is 16.3. The maximum atomic E-state index is 12.7. The van der Waals surface area contributed by atoms with Crippen molar-refractivity contribution in [3.8, 4) is 0 Å². The fourth-order valence-electron chi connectivity index (χ4n) is 2.75. The van der Waals surface area contributed by atoms with Crippen LogP contribution in [0.15, 0.2) is 35.9 Å². The molecular weight excluding hydrogens is 276 g/mol. The first-order valence-electron chi connectivity index (χ1n) is 7.86. The van der Waals surface area contributed by atoms with Crippen LogP contribution in [0.4, 0.5) is 0 Å². The summed E-state index contributed by atoms with van der Waals surface area (Å²) in [5.41, 5.74) is 2.43. The Morgan fingerprint density at radius 3 is 2.36 bits per heavy atom. The molecule has 1 aliphatic rings. The van der Waals surface area contributed by atoms with Gasteiger partial charge in [0, 0.05) is 11.1 Å². The number of ether oxygens (including phenoxy) is 1. The monoisotopic (exact) mass is 300 g/mol. The van der Waals surface area contributed by atoms with Crippen molar-refractivity contribution in [1.82, 2.24) is 0 Å². The zero-order valence-corrected chi connectivity index (χ0v) is 13.8. The summed E-state index contributed by atoms with van der Waals surface area (Å²) in [7, 11) is 0. The van der Waals surface area contributed by atoms with E-state index in [1.165, 1.54) is 5.56 Å². The molecule has 0 N–H and O–H groups in total. The zero-order valence-electron chi connectivity index (χ0n) is 13.8. The third-order valence-electron chi connectivity index (χ3n) is 4.06. The van der Waals surface area contributed by atoms with Crippen LogP contribution in [0.2, 0.25) is 0 Å². The number of ketones is 1. The fraction of sp³-hybridized carbons (Fsp3) is 0.474. The van der Waals surface area contributed by atoms with Gasteiger partial charge in [-0.25, -0.2) is 4.79 Å². The molecule has 0 fully saturated rings. The topological polar surface area (TPSA) is 43.4 Å². The van der Waals surface area contributed by atoms with Gasteiger partial charge in [0.2, 0.25) is 0 Å². The standard InChI is InChI=1S/C19H24O3/c1-5-22-18(21)16-8-6-7-15(16)17(20)13-9-11-14(12-10-13)19(2,3)4/h8-12,15H,5-7H2,1-4H3. The lowest BCUT2D eigenvalue weighted by Crippen LogP contribution is -2.21. The van der Waals surface area contributed by atoms with Crippen LogP contribution in [0.25, 0.3) is 0 Å². The number of carbonyl (C=O) groups is 2. The largest absolute Gasteiger partial charge is 0.463 e. The van der Waals surface area contributed by atoms with Gasteiger partial charge in [-0.2, -0.15) is 0 Å². The number of esters is 1. The number of hydrogen-bond donors (Lipinski definition) is 0. The third kappa shape index (κ3) is 3.46. The molecule has 0 amide bonds. The van der Waals surface area contributed by atoms with Crippen LogP contribution in [-0.2, 0) is 14.9 Å². The van der Waals surface area contributed by atoms with Crippen molar-refractivity contribution in [3.05, 3.63) is 47.0 Å². The summed E-state index contributed by atoms with van der Waals surface area (Å²) in [6.45, 7) is 8.53. The molecule has 2 rings (SSSR count). The van der Waals surface area contributed by atoms with Crippen molar-refractivity contribution in [2.45, 2.75) is 46.0 Å². The summed E-state index contributed by atoms with van der Waals surface area (Å²) in [5, 5.41) is 0. The highest BCUT2D eigenvalue weighted by molar-refractivity contribution is 6.06. The molecule has 1 aromatic carbocycles. The van der Waals surface area contributed by atoms with Crippen molar-refractivity contribution < 1.29 is 14.3 Å². The molecule has 0 saturated carbocycles. The number of hydrogen-bond acceptors (Lipinski definition) is 3. The SMILES string of the molecule is CCOC(=O)C1=CCCC1C(=O)c1ccc(C(C)(C)C)cc1. The van der Waals surface area contributed by atoms with Crippen molar-refractivity contribution in [2.75, 3.05) is 6.61 Å². The Kier molecular flexibility index (Phi) is 4.84. The minimum absolute atomic E-state index is 0.0114. The van der Waals surface area contributed by atoms with Crippen molar-refractivity contribution >= 4 is 11.8 Å². The fourth-order valence-corrected chi connectivity index (χ4v) is 2.75. The minimum Gasteiger partial charge on any atom is -0.463 e. The van der Waals surface area contributed by atoms with Crippen molar-refractivity contribution in [1.29, 1.82) is 0 Å². The second-order valence-corrected chi connectivity index (χ2v) is 6.70. The number of Topliss-reactive ketones (excluding diaryl/α,β-unsaturated/α-hetero) is 1. The normalized spacial score (nSPS) is 18.0. The van der Waals surface area contributed by atoms with Crippen molar-refractivity contribution in [3.63, 3.8) is 0 Å². The molecule has 3 nitrogen and oxygen atoms in total. The molecule has 0 bridgehead atoms. The highest BCUT2D eigenvalue weighted by atomic mass is 16.5. The van der Waals surface area contributed by atoms with E-state index < -0.39 is 0 Å². The van der Waals surface area contributed by atoms with Gasteiger partial charge in [-0.3, -0.25) is 4.79 Å². The highest BCUT2D eigenvalue weighted by Crippen LogP contribution is 2.31. The second-order valence-electron chi connectivity index (χ2n) is 6.70. The number of benzene rings is 1. The summed E-state index contributed by atoms with van der Waals surface area (Å²) in [4.78, 5) is 24.6. The quantitative estimate of drug-likeness (QED) is 0.622. The second kappa shape index (κ2) is 6.47. The maximum Gasteiger partial charge on any atom is 0.334 e. The Morgan fingerprint density at radius 1 is 1.18 bits per heavy atom. The van der Waals surface area contributed by atoms with Gasteiger partial charge in [0.25, 0.3) is 0 Å². The van der Waals surface area contributed by atoms with Crippen LogP contribution in [0.1, 0.15) is 56.5 Å².